The highest BCUT2D eigenvalue weighted by molar-refractivity contribution is 7.71. The lowest BCUT2D eigenvalue weighted by atomic mass is 10.2. The van der Waals surface area contributed by atoms with Gasteiger partial charge in [0.25, 0.3) is 0 Å². The van der Waals surface area contributed by atoms with Gasteiger partial charge in [-0.05, 0) is 55.4 Å². The number of H-pyrrole nitrogens is 1. The normalized spacial score (nSPS) is 11.1. The maximum Gasteiger partial charge on any atom is 0.182 e. The van der Waals surface area contributed by atoms with Crippen LogP contribution in [0.15, 0.2) is 36.4 Å². The molecule has 0 radical (unpaired) electrons. The number of aryl methyl sites for hydroxylation is 2. The van der Waals surface area contributed by atoms with Gasteiger partial charge in [0.2, 0.25) is 0 Å². The van der Waals surface area contributed by atoms with E-state index in [2.05, 4.69) is 24.0 Å². The lowest BCUT2D eigenvalue weighted by Crippen LogP contribution is -1.97. The van der Waals surface area contributed by atoms with Crippen molar-refractivity contribution in [2.45, 2.75) is 13.8 Å². The minimum Gasteiger partial charge on any atom is -0.330 e. The number of hydrogen-bond donors (Lipinski definition) is 1. The van der Waals surface area contributed by atoms with Crippen LogP contribution >= 0.6 is 23.8 Å². The van der Waals surface area contributed by atoms with Gasteiger partial charge in [-0.3, -0.25) is 4.57 Å². The summed E-state index contributed by atoms with van der Waals surface area (Å²) in [4.78, 5) is 3.23. The lowest BCUT2D eigenvalue weighted by Gasteiger charge is -2.09. The zero-order chi connectivity index (χ0) is 13.6. The van der Waals surface area contributed by atoms with E-state index in [0.717, 1.165) is 22.3 Å². The average molecular weight is 289 g/mol. The third-order valence-electron chi connectivity index (χ3n) is 3.25. The molecule has 1 heterocycles. The van der Waals surface area contributed by atoms with Crippen molar-refractivity contribution >= 4 is 34.9 Å². The second-order valence-corrected chi connectivity index (χ2v) is 5.49. The Bertz CT molecular complexity index is 830. The maximum absolute atomic E-state index is 6.33. The summed E-state index contributed by atoms with van der Waals surface area (Å²) >= 11 is 11.8. The number of nitrogens with zero attached hydrogens (tertiary/aromatic N) is 1. The lowest BCUT2D eigenvalue weighted by molar-refractivity contribution is 1.06. The number of imidazole rings is 1. The van der Waals surface area contributed by atoms with Gasteiger partial charge >= 0.3 is 0 Å². The molecule has 1 N–H and O–H groups in total. The summed E-state index contributed by atoms with van der Waals surface area (Å²) in [7, 11) is 0. The number of benzene rings is 2. The molecule has 4 heteroatoms. The van der Waals surface area contributed by atoms with Gasteiger partial charge in [0.15, 0.2) is 4.77 Å². The molecule has 0 atom stereocenters. The number of halogens is 1. The van der Waals surface area contributed by atoms with Gasteiger partial charge in [0.1, 0.15) is 0 Å². The topological polar surface area (TPSA) is 20.7 Å². The number of aromatic nitrogens is 2. The molecule has 1 aromatic heterocycles. The third-order valence-corrected chi connectivity index (χ3v) is 3.85. The van der Waals surface area contributed by atoms with Crippen molar-refractivity contribution < 1.29 is 0 Å². The standard InChI is InChI=1S/C15H13ClN2S/c1-9-6-7-11(16)13(8-9)18-14-10(2)4-3-5-12(14)17-15(18)19/h3-8H,1-2H3,(H,17,19). The van der Waals surface area contributed by atoms with E-state index < -0.39 is 0 Å². The molecule has 19 heavy (non-hydrogen) atoms. The zero-order valence-electron chi connectivity index (χ0n) is 10.7. The van der Waals surface area contributed by atoms with E-state index >= 15 is 0 Å². The van der Waals surface area contributed by atoms with Crippen molar-refractivity contribution in [3.8, 4) is 5.69 Å². The van der Waals surface area contributed by atoms with Gasteiger partial charge in [-0.1, -0.05) is 29.8 Å². The van der Waals surface area contributed by atoms with Crippen LogP contribution in [-0.2, 0) is 0 Å². The van der Waals surface area contributed by atoms with E-state index in [1.807, 2.05) is 35.8 Å². The van der Waals surface area contributed by atoms with Crippen LogP contribution in [0.2, 0.25) is 5.02 Å². The first-order valence-electron chi connectivity index (χ1n) is 6.05. The Labute approximate surface area is 121 Å². The number of rotatable bonds is 1. The van der Waals surface area contributed by atoms with Gasteiger partial charge < -0.3 is 4.98 Å². The largest absolute Gasteiger partial charge is 0.330 e. The van der Waals surface area contributed by atoms with Crippen molar-refractivity contribution in [1.82, 2.24) is 9.55 Å². The van der Waals surface area contributed by atoms with Crippen LogP contribution < -0.4 is 0 Å². The second-order valence-electron chi connectivity index (χ2n) is 4.69. The summed E-state index contributed by atoms with van der Waals surface area (Å²) < 4.78 is 2.67. The van der Waals surface area contributed by atoms with Crippen LogP contribution in [-0.4, -0.2) is 9.55 Å². The summed E-state index contributed by atoms with van der Waals surface area (Å²) in [6, 6.07) is 12.1. The predicted molar refractivity (Wildman–Crippen MR) is 82.9 cm³/mol. The Morgan fingerprint density at radius 1 is 1.16 bits per heavy atom. The number of hydrogen-bond acceptors (Lipinski definition) is 1. The van der Waals surface area contributed by atoms with E-state index in [1.165, 1.54) is 5.56 Å². The summed E-state index contributed by atoms with van der Waals surface area (Å²) in [6.07, 6.45) is 0. The first kappa shape index (κ1) is 12.5. The monoisotopic (exact) mass is 288 g/mol. The molecule has 0 aliphatic rings. The molecule has 0 saturated carbocycles. The Balaban J connectivity index is 2.46. The quantitative estimate of drug-likeness (QED) is 0.628. The third kappa shape index (κ3) is 1.99. The number of fused-ring (bicyclic) bond motifs is 1. The van der Waals surface area contributed by atoms with Crippen LogP contribution in [0.5, 0.6) is 0 Å². The molecule has 2 nitrogen and oxygen atoms in total. The minimum absolute atomic E-state index is 0.664. The van der Waals surface area contributed by atoms with E-state index in [9.17, 15) is 0 Å². The summed E-state index contributed by atoms with van der Waals surface area (Å²) in [6.45, 7) is 4.12. The smallest absolute Gasteiger partial charge is 0.182 e. The van der Waals surface area contributed by atoms with E-state index in [1.54, 1.807) is 0 Å². The highest BCUT2D eigenvalue weighted by Crippen LogP contribution is 2.28. The molecule has 0 bridgehead atoms. The maximum atomic E-state index is 6.33. The van der Waals surface area contributed by atoms with Crippen LogP contribution in [0.4, 0.5) is 0 Å². The fourth-order valence-electron chi connectivity index (χ4n) is 2.35. The fraction of sp³-hybridized carbons (Fsp3) is 0.133. The van der Waals surface area contributed by atoms with Crippen LogP contribution in [0, 0.1) is 18.6 Å². The Kier molecular flexibility index (Phi) is 2.96. The van der Waals surface area contributed by atoms with Gasteiger partial charge in [0.05, 0.1) is 21.7 Å². The van der Waals surface area contributed by atoms with Crippen molar-refractivity contribution in [3.63, 3.8) is 0 Å². The fourth-order valence-corrected chi connectivity index (χ4v) is 2.85. The van der Waals surface area contributed by atoms with Crippen LogP contribution in [0.25, 0.3) is 16.7 Å². The number of para-hydroxylation sites is 1. The molecule has 2 aromatic carbocycles. The second kappa shape index (κ2) is 4.51. The zero-order valence-corrected chi connectivity index (χ0v) is 12.3. The van der Waals surface area contributed by atoms with Gasteiger partial charge in [0, 0.05) is 0 Å². The SMILES string of the molecule is Cc1ccc(Cl)c(-n2c(=S)[nH]c3cccc(C)c32)c1. The van der Waals surface area contributed by atoms with Crippen LogP contribution in [0.3, 0.4) is 0 Å². The summed E-state index contributed by atoms with van der Waals surface area (Å²) in [5.41, 5.74) is 5.36. The average Bonchev–Trinajstić information content (AvgIpc) is 2.70. The molecular formula is C15H13ClN2S. The molecule has 0 unspecified atom stereocenters. The van der Waals surface area contributed by atoms with E-state index in [-0.39, 0.29) is 0 Å². The number of aromatic amines is 1. The Morgan fingerprint density at radius 2 is 1.95 bits per heavy atom. The number of nitrogens with one attached hydrogen (secondary N) is 1. The van der Waals surface area contributed by atoms with Crippen LogP contribution in [0.1, 0.15) is 11.1 Å². The van der Waals surface area contributed by atoms with Gasteiger partial charge in [-0.25, -0.2) is 0 Å². The van der Waals surface area contributed by atoms with Crippen molar-refractivity contribution in [2.75, 3.05) is 0 Å². The molecular weight excluding hydrogens is 276 g/mol. The Hall–Kier alpha value is -1.58. The highest BCUT2D eigenvalue weighted by Gasteiger charge is 2.11. The molecule has 96 valence electrons. The summed E-state index contributed by atoms with van der Waals surface area (Å²) in [5, 5.41) is 0.700. The molecule has 0 amide bonds. The molecule has 0 aliphatic carbocycles. The summed E-state index contributed by atoms with van der Waals surface area (Å²) in [5.74, 6) is 0. The predicted octanol–water partition coefficient (Wildman–Crippen LogP) is 4.96. The molecule has 3 rings (SSSR count). The van der Waals surface area contributed by atoms with Crippen molar-refractivity contribution in [2.24, 2.45) is 0 Å². The van der Waals surface area contributed by atoms with Crippen molar-refractivity contribution in [1.29, 1.82) is 0 Å². The van der Waals surface area contributed by atoms with E-state index in [0.29, 0.717) is 9.79 Å². The first-order chi connectivity index (χ1) is 9.08. The molecule has 0 fully saturated rings. The van der Waals surface area contributed by atoms with E-state index in [4.69, 9.17) is 23.8 Å². The van der Waals surface area contributed by atoms with Gasteiger partial charge in [-0.15, -0.1) is 0 Å². The van der Waals surface area contributed by atoms with Crippen molar-refractivity contribution in [3.05, 3.63) is 57.3 Å². The molecule has 0 aliphatic heterocycles. The molecule has 0 spiro atoms. The first-order valence-corrected chi connectivity index (χ1v) is 6.83. The molecule has 3 aromatic rings. The highest BCUT2D eigenvalue weighted by atomic mass is 35.5. The molecule has 0 saturated heterocycles. The Morgan fingerprint density at radius 3 is 2.74 bits per heavy atom. The minimum atomic E-state index is 0.664. The van der Waals surface area contributed by atoms with Gasteiger partial charge in [-0.2, -0.15) is 0 Å².